The number of hydrogen-bond acceptors (Lipinski definition) is 5. The highest BCUT2D eigenvalue weighted by Gasteiger charge is 2.20. The molecule has 2 aromatic rings. The number of rotatable bonds is 8. The molecule has 0 radical (unpaired) electrons. The second kappa shape index (κ2) is 7.50. The van der Waals surface area contributed by atoms with Gasteiger partial charge in [0.05, 0.1) is 10.1 Å². The van der Waals surface area contributed by atoms with Crippen molar-refractivity contribution >= 4 is 37.3 Å². The van der Waals surface area contributed by atoms with Gasteiger partial charge in [-0.2, -0.15) is 0 Å². The maximum atomic E-state index is 12.3. The molecule has 0 amide bonds. The summed E-state index contributed by atoms with van der Waals surface area (Å²) < 4.78 is 29.7. The van der Waals surface area contributed by atoms with E-state index in [1.54, 1.807) is 18.6 Å². The van der Waals surface area contributed by atoms with Crippen LogP contribution in [0.3, 0.4) is 0 Å². The molecule has 2 heterocycles. The summed E-state index contributed by atoms with van der Waals surface area (Å²) in [6.07, 6.45) is 5.98. The summed E-state index contributed by atoms with van der Waals surface area (Å²) in [4.78, 5) is 5.22. The Hall–Kier alpha value is -0.740. The molecule has 0 aliphatic carbocycles. The summed E-state index contributed by atoms with van der Waals surface area (Å²) in [5.74, 6) is 0. The van der Waals surface area contributed by atoms with Crippen molar-refractivity contribution in [2.75, 3.05) is 13.6 Å². The van der Waals surface area contributed by atoms with Crippen LogP contribution < -0.4 is 10.0 Å². The predicted molar refractivity (Wildman–Crippen MR) is 86.8 cm³/mol. The van der Waals surface area contributed by atoms with E-state index in [0.717, 1.165) is 11.4 Å². The first-order valence-electron chi connectivity index (χ1n) is 6.41. The molecule has 2 aromatic heterocycles. The molecule has 0 saturated heterocycles. The van der Waals surface area contributed by atoms with Crippen molar-refractivity contribution in [3.8, 4) is 0 Å². The van der Waals surface area contributed by atoms with E-state index in [9.17, 15) is 8.42 Å². The third-order valence-electron chi connectivity index (χ3n) is 2.79. The largest absolute Gasteiger partial charge is 0.337 e. The van der Waals surface area contributed by atoms with Crippen LogP contribution >= 0.6 is 27.3 Å². The summed E-state index contributed by atoms with van der Waals surface area (Å²) in [7, 11) is -1.64. The number of aryl methyl sites for hydroxylation is 1. The fourth-order valence-electron chi connectivity index (χ4n) is 1.81. The normalized spacial score (nSPS) is 11.9. The number of sulfonamides is 1. The third kappa shape index (κ3) is 4.62. The van der Waals surface area contributed by atoms with Crippen LogP contribution in [-0.4, -0.2) is 31.6 Å². The highest BCUT2D eigenvalue weighted by molar-refractivity contribution is 9.11. The Labute approximate surface area is 136 Å². The number of halogens is 1. The number of aromatic nitrogens is 2. The molecule has 9 heteroatoms. The minimum atomic E-state index is -3.47. The maximum absolute atomic E-state index is 12.3. The van der Waals surface area contributed by atoms with Crippen molar-refractivity contribution in [1.82, 2.24) is 19.6 Å². The lowest BCUT2D eigenvalue weighted by molar-refractivity contribution is 0.569. The van der Waals surface area contributed by atoms with Crippen LogP contribution in [0, 0.1) is 0 Å². The standard InChI is InChI=1S/C12H17BrN4O2S2/c1-14-8-10-7-11(12(13)20-10)21(18,19)16-3-2-5-17-6-4-15-9-17/h4,6-7,9,14,16H,2-3,5,8H2,1H3. The van der Waals surface area contributed by atoms with Crippen molar-refractivity contribution in [3.05, 3.63) is 33.5 Å². The van der Waals surface area contributed by atoms with Gasteiger partial charge in [-0.05, 0) is 35.5 Å². The molecule has 0 aliphatic heterocycles. The van der Waals surface area contributed by atoms with Crippen LogP contribution in [0.4, 0.5) is 0 Å². The molecule has 0 aromatic carbocycles. The minimum Gasteiger partial charge on any atom is -0.337 e. The molecule has 0 spiro atoms. The number of imidazole rings is 1. The highest BCUT2D eigenvalue weighted by atomic mass is 79.9. The van der Waals surface area contributed by atoms with E-state index in [1.165, 1.54) is 11.3 Å². The number of nitrogens with one attached hydrogen (secondary N) is 2. The lowest BCUT2D eigenvalue weighted by Gasteiger charge is -2.06. The van der Waals surface area contributed by atoms with Crippen molar-refractivity contribution in [1.29, 1.82) is 0 Å². The summed E-state index contributed by atoms with van der Waals surface area (Å²) in [6.45, 7) is 1.78. The quantitative estimate of drug-likeness (QED) is 0.671. The molecule has 2 N–H and O–H groups in total. The Morgan fingerprint density at radius 3 is 2.95 bits per heavy atom. The Balaban J connectivity index is 1.91. The number of thiophene rings is 1. The zero-order valence-electron chi connectivity index (χ0n) is 11.5. The molecule has 0 bridgehead atoms. The lowest BCUT2D eigenvalue weighted by Crippen LogP contribution is -2.25. The molecule has 0 saturated carbocycles. The monoisotopic (exact) mass is 392 g/mol. The molecule has 0 aliphatic rings. The van der Waals surface area contributed by atoms with Crippen molar-refractivity contribution in [2.45, 2.75) is 24.4 Å². The summed E-state index contributed by atoms with van der Waals surface area (Å²) in [5.41, 5.74) is 0. The van der Waals surface area contributed by atoms with Gasteiger partial charge in [-0.1, -0.05) is 0 Å². The first-order valence-corrected chi connectivity index (χ1v) is 9.50. The van der Waals surface area contributed by atoms with Crippen LogP contribution in [0.5, 0.6) is 0 Å². The van der Waals surface area contributed by atoms with Gasteiger partial charge in [0.2, 0.25) is 10.0 Å². The average Bonchev–Trinajstić information content (AvgIpc) is 3.05. The van der Waals surface area contributed by atoms with Crippen LogP contribution in [-0.2, 0) is 23.1 Å². The third-order valence-corrected chi connectivity index (χ3v) is 6.50. The van der Waals surface area contributed by atoms with Gasteiger partial charge in [0.25, 0.3) is 0 Å². The second-order valence-corrected chi connectivity index (χ2v) is 8.62. The fraction of sp³-hybridized carbons (Fsp3) is 0.417. The van der Waals surface area contributed by atoms with Crippen LogP contribution in [0.1, 0.15) is 11.3 Å². The van der Waals surface area contributed by atoms with E-state index in [-0.39, 0.29) is 0 Å². The molecule has 21 heavy (non-hydrogen) atoms. The van der Waals surface area contributed by atoms with Gasteiger partial charge in [-0.25, -0.2) is 18.1 Å². The van der Waals surface area contributed by atoms with E-state index < -0.39 is 10.0 Å². The maximum Gasteiger partial charge on any atom is 0.242 e. The smallest absolute Gasteiger partial charge is 0.242 e. The highest BCUT2D eigenvalue weighted by Crippen LogP contribution is 2.31. The van der Waals surface area contributed by atoms with Crippen LogP contribution in [0.2, 0.25) is 0 Å². The minimum absolute atomic E-state index is 0.306. The molecule has 116 valence electrons. The van der Waals surface area contributed by atoms with Gasteiger partial charge in [0, 0.05) is 36.9 Å². The Morgan fingerprint density at radius 1 is 1.48 bits per heavy atom. The summed E-state index contributed by atoms with van der Waals surface area (Å²) in [6, 6.07) is 1.70. The van der Waals surface area contributed by atoms with Gasteiger partial charge >= 0.3 is 0 Å². The van der Waals surface area contributed by atoms with Crippen LogP contribution in [0.25, 0.3) is 0 Å². The number of nitrogens with zero attached hydrogens (tertiary/aromatic N) is 2. The molecule has 0 unspecified atom stereocenters. The molecule has 2 rings (SSSR count). The predicted octanol–water partition coefficient (Wildman–Crippen LogP) is 1.80. The molecule has 6 nitrogen and oxygen atoms in total. The average molecular weight is 393 g/mol. The van der Waals surface area contributed by atoms with E-state index in [1.807, 2.05) is 17.8 Å². The Kier molecular flexibility index (Phi) is 5.94. The van der Waals surface area contributed by atoms with Gasteiger partial charge < -0.3 is 9.88 Å². The Morgan fingerprint density at radius 2 is 2.29 bits per heavy atom. The fourth-order valence-corrected chi connectivity index (χ4v) is 5.57. The summed E-state index contributed by atoms with van der Waals surface area (Å²) in [5, 5.41) is 3.01. The zero-order chi connectivity index (χ0) is 15.3. The van der Waals surface area contributed by atoms with Crippen molar-refractivity contribution < 1.29 is 8.42 Å². The SMILES string of the molecule is CNCc1cc(S(=O)(=O)NCCCn2ccnc2)c(Br)s1. The topological polar surface area (TPSA) is 76.0 Å². The van der Waals surface area contributed by atoms with Gasteiger partial charge in [0.15, 0.2) is 0 Å². The van der Waals surface area contributed by atoms with Crippen molar-refractivity contribution in [2.24, 2.45) is 0 Å². The molecule has 0 fully saturated rings. The second-order valence-electron chi connectivity index (χ2n) is 4.43. The van der Waals surface area contributed by atoms with Crippen LogP contribution in [0.15, 0.2) is 33.5 Å². The lowest BCUT2D eigenvalue weighted by atomic mass is 10.4. The van der Waals surface area contributed by atoms with E-state index >= 15 is 0 Å². The molecule has 0 atom stereocenters. The van der Waals surface area contributed by atoms with E-state index in [2.05, 4.69) is 31.0 Å². The first kappa shape index (κ1) is 16.6. The van der Waals surface area contributed by atoms with Gasteiger partial charge in [0.1, 0.15) is 4.90 Å². The van der Waals surface area contributed by atoms with E-state index in [0.29, 0.717) is 28.2 Å². The summed E-state index contributed by atoms with van der Waals surface area (Å²) >= 11 is 4.75. The van der Waals surface area contributed by atoms with Gasteiger partial charge in [-0.3, -0.25) is 0 Å². The van der Waals surface area contributed by atoms with Gasteiger partial charge in [-0.15, -0.1) is 11.3 Å². The molecular weight excluding hydrogens is 376 g/mol. The Bertz CT molecular complexity index is 667. The molecular formula is C12H17BrN4O2S2. The first-order chi connectivity index (χ1) is 10.0. The zero-order valence-corrected chi connectivity index (χ0v) is 14.8. The number of hydrogen-bond donors (Lipinski definition) is 2. The van der Waals surface area contributed by atoms with Crippen molar-refractivity contribution in [3.63, 3.8) is 0 Å². The van der Waals surface area contributed by atoms with E-state index in [4.69, 9.17) is 0 Å².